The van der Waals surface area contributed by atoms with E-state index in [1.807, 2.05) is 13.8 Å². The fourth-order valence-electron chi connectivity index (χ4n) is 1.52. The van der Waals surface area contributed by atoms with Gasteiger partial charge in [0.05, 0.1) is 12.1 Å². The van der Waals surface area contributed by atoms with E-state index in [4.69, 9.17) is 9.47 Å². The molecule has 0 spiro atoms. The van der Waals surface area contributed by atoms with Crippen molar-refractivity contribution in [2.24, 2.45) is 0 Å². The second-order valence-electron chi connectivity index (χ2n) is 3.72. The molecule has 1 aromatic carbocycles. The maximum atomic E-state index is 11.8. The van der Waals surface area contributed by atoms with E-state index in [9.17, 15) is 15.0 Å². The SMILES string of the molecule is CCOC(CNC(=O)c1cccc(O)c1O)OCC. The number of carbonyl (C=O) groups is 1. The number of phenolic OH excluding ortho intramolecular Hbond substituents is 2. The number of phenols is 2. The third-order valence-corrected chi connectivity index (χ3v) is 2.39. The summed E-state index contributed by atoms with van der Waals surface area (Å²) in [4.78, 5) is 11.8. The Balaban J connectivity index is 2.61. The second-order valence-corrected chi connectivity index (χ2v) is 3.72. The lowest BCUT2D eigenvalue weighted by molar-refractivity contribution is -0.131. The lowest BCUT2D eigenvalue weighted by Crippen LogP contribution is -2.35. The predicted octanol–water partition coefficient (Wildman–Crippen LogP) is 1.23. The molecule has 6 nitrogen and oxygen atoms in total. The highest BCUT2D eigenvalue weighted by Gasteiger charge is 2.15. The van der Waals surface area contributed by atoms with E-state index in [1.54, 1.807) is 0 Å². The van der Waals surface area contributed by atoms with Crippen molar-refractivity contribution < 1.29 is 24.5 Å². The van der Waals surface area contributed by atoms with Crippen molar-refractivity contribution in [2.45, 2.75) is 20.1 Å². The Morgan fingerprint density at radius 2 is 1.89 bits per heavy atom. The quantitative estimate of drug-likeness (QED) is 0.512. The molecule has 1 aromatic rings. The van der Waals surface area contributed by atoms with Gasteiger partial charge in [0.2, 0.25) is 0 Å². The van der Waals surface area contributed by atoms with E-state index in [0.29, 0.717) is 13.2 Å². The summed E-state index contributed by atoms with van der Waals surface area (Å²) >= 11 is 0. The lowest BCUT2D eigenvalue weighted by atomic mass is 10.1. The van der Waals surface area contributed by atoms with E-state index < -0.39 is 17.9 Å². The number of carbonyl (C=O) groups excluding carboxylic acids is 1. The molecule has 1 rings (SSSR count). The minimum atomic E-state index is -0.529. The van der Waals surface area contributed by atoms with Crippen molar-refractivity contribution in [1.29, 1.82) is 0 Å². The van der Waals surface area contributed by atoms with Crippen LogP contribution in [0.1, 0.15) is 24.2 Å². The van der Waals surface area contributed by atoms with Gasteiger partial charge in [-0.2, -0.15) is 0 Å². The average molecular weight is 269 g/mol. The highest BCUT2D eigenvalue weighted by atomic mass is 16.7. The Morgan fingerprint density at radius 1 is 1.26 bits per heavy atom. The van der Waals surface area contributed by atoms with E-state index >= 15 is 0 Å². The molecule has 106 valence electrons. The van der Waals surface area contributed by atoms with E-state index in [2.05, 4.69) is 5.32 Å². The number of para-hydroxylation sites is 1. The molecule has 0 aromatic heterocycles. The Kier molecular flexibility index (Phi) is 6.11. The topological polar surface area (TPSA) is 88.0 Å². The second kappa shape index (κ2) is 7.60. The molecule has 0 saturated heterocycles. The molecule has 0 aliphatic heterocycles. The van der Waals surface area contributed by atoms with Crippen LogP contribution in [0.2, 0.25) is 0 Å². The summed E-state index contributed by atoms with van der Waals surface area (Å²) in [5.41, 5.74) is 0.00625. The fourth-order valence-corrected chi connectivity index (χ4v) is 1.52. The summed E-state index contributed by atoms with van der Waals surface area (Å²) in [7, 11) is 0. The molecule has 0 atom stereocenters. The van der Waals surface area contributed by atoms with E-state index in [-0.39, 0.29) is 17.9 Å². The van der Waals surface area contributed by atoms with Gasteiger partial charge in [0.1, 0.15) is 0 Å². The first-order chi connectivity index (χ1) is 9.10. The van der Waals surface area contributed by atoms with E-state index in [1.165, 1.54) is 18.2 Å². The first kappa shape index (κ1) is 15.3. The highest BCUT2D eigenvalue weighted by molar-refractivity contribution is 5.97. The number of hydrogen-bond donors (Lipinski definition) is 3. The monoisotopic (exact) mass is 269 g/mol. The van der Waals surface area contributed by atoms with Gasteiger partial charge in [0, 0.05) is 13.2 Å². The lowest BCUT2D eigenvalue weighted by Gasteiger charge is -2.17. The van der Waals surface area contributed by atoms with Gasteiger partial charge in [0.15, 0.2) is 17.8 Å². The number of rotatable bonds is 7. The van der Waals surface area contributed by atoms with Gasteiger partial charge in [-0.3, -0.25) is 4.79 Å². The number of aromatic hydroxyl groups is 2. The third kappa shape index (κ3) is 4.42. The molecule has 0 radical (unpaired) electrons. The fraction of sp³-hybridized carbons (Fsp3) is 0.462. The summed E-state index contributed by atoms with van der Waals surface area (Å²) in [5, 5.41) is 21.5. The van der Waals surface area contributed by atoms with Crippen molar-refractivity contribution in [1.82, 2.24) is 5.32 Å². The third-order valence-electron chi connectivity index (χ3n) is 2.39. The number of hydrogen-bond acceptors (Lipinski definition) is 5. The van der Waals surface area contributed by atoms with Gasteiger partial charge in [0.25, 0.3) is 5.91 Å². The standard InChI is InChI=1S/C13H19NO5/c1-3-18-11(19-4-2)8-14-13(17)9-6-5-7-10(15)12(9)16/h5-7,11,15-16H,3-4,8H2,1-2H3,(H,14,17). The van der Waals surface area contributed by atoms with Crippen molar-refractivity contribution in [3.05, 3.63) is 23.8 Å². The molecule has 0 saturated carbocycles. The van der Waals surface area contributed by atoms with Crippen LogP contribution in [0.25, 0.3) is 0 Å². The van der Waals surface area contributed by atoms with Crippen LogP contribution >= 0.6 is 0 Å². The largest absolute Gasteiger partial charge is 0.504 e. The first-order valence-corrected chi connectivity index (χ1v) is 6.12. The zero-order valence-corrected chi connectivity index (χ0v) is 11.0. The Morgan fingerprint density at radius 3 is 2.47 bits per heavy atom. The van der Waals surface area contributed by atoms with E-state index in [0.717, 1.165) is 0 Å². The predicted molar refractivity (Wildman–Crippen MR) is 69.1 cm³/mol. The number of amides is 1. The molecule has 0 bridgehead atoms. The number of nitrogens with one attached hydrogen (secondary N) is 1. The number of benzene rings is 1. The van der Waals surface area contributed by atoms with Gasteiger partial charge >= 0.3 is 0 Å². The normalized spacial score (nSPS) is 10.7. The molecule has 0 fully saturated rings. The van der Waals surface area contributed by atoms with Crippen molar-refractivity contribution in [2.75, 3.05) is 19.8 Å². The van der Waals surface area contributed by atoms with Crippen LogP contribution in [0.4, 0.5) is 0 Å². The molecule has 0 unspecified atom stereocenters. The average Bonchev–Trinajstić information content (AvgIpc) is 2.39. The maximum Gasteiger partial charge on any atom is 0.255 e. The van der Waals surface area contributed by atoms with Gasteiger partial charge in [-0.15, -0.1) is 0 Å². The summed E-state index contributed by atoms with van der Waals surface area (Å²) in [6.07, 6.45) is -0.529. The molecule has 19 heavy (non-hydrogen) atoms. The van der Waals surface area contributed by atoms with Crippen molar-refractivity contribution in [3.63, 3.8) is 0 Å². The number of ether oxygens (including phenoxy) is 2. The molecule has 0 aliphatic carbocycles. The van der Waals surface area contributed by atoms with Crippen LogP contribution in [0.3, 0.4) is 0 Å². The molecular formula is C13H19NO5. The minimum absolute atomic E-state index is 0.00625. The molecule has 0 heterocycles. The van der Waals surface area contributed by atoms with Crippen molar-refractivity contribution >= 4 is 5.91 Å². The Hall–Kier alpha value is -1.79. The van der Waals surface area contributed by atoms with Crippen LogP contribution in [0.5, 0.6) is 11.5 Å². The van der Waals surface area contributed by atoms with Gasteiger partial charge in [-0.25, -0.2) is 0 Å². The highest BCUT2D eigenvalue weighted by Crippen LogP contribution is 2.27. The summed E-state index contributed by atoms with van der Waals surface area (Å²) in [6.45, 7) is 4.76. The zero-order chi connectivity index (χ0) is 14.3. The van der Waals surface area contributed by atoms with Crippen LogP contribution in [0.15, 0.2) is 18.2 Å². The molecule has 0 aliphatic rings. The maximum absolute atomic E-state index is 11.8. The molecular weight excluding hydrogens is 250 g/mol. The summed E-state index contributed by atoms with van der Waals surface area (Å²) < 4.78 is 10.5. The molecule has 3 N–H and O–H groups in total. The Bertz CT molecular complexity index is 415. The summed E-state index contributed by atoms with van der Waals surface area (Å²) in [6, 6.07) is 4.20. The smallest absolute Gasteiger partial charge is 0.255 e. The van der Waals surface area contributed by atoms with Gasteiger partial charge < -0.3 is 25.0 Å². The first-order valence-electron chi connectivity index (χ1n) is 6.12. The van der Waals surface area contributed by atoms with Crippen LogP contribution < -0.4 is 5.32 Å². The van der Waals surface area contributed by atoms with Crippen LogP contribution in [-0.4, -0.2) is 42.2 Å². The zero-order valence-electron chi connectivity index (χ0n) is 11.0. The van der Waals surface area contributed by atoms with Gasteiger partial charge in [-0.1, -0.05) is 6.07 Å². The molecule has 6 heteroatoms. The van der Waals surface area contributed by atoms with Gasteiger partial charge in [-0.05, 0) is 26.0 Å². The van der Waals surface area contributed by atoms with Crippen LogP contribution in [-0.2, 0) is 9.47 Å². The Labute approximate surface area is 112 Å². The molecule has 1 amide bonds. The van der Waals surface area contributed by atoms with Crippen molar-refractivity contribution in [3.8, 4) is 11.5 Å². The van der Waals surface area contributed by atoms with Crippen LogP contribution in [0, 0.1) is 0 Å². The minimum Gasteiger partial charge on any atom is -0.504 e. The summed E-state index contributed by atoms with van der Waals surface area (Å²) in [5.74, 6) is -1.28.